The van der Waals surface area contributed by atoms with Crippen LogP contribution in [0, 0.1) is 11.3 Å². The van der Waals surface area contributed by atoms with E-state index >= 15 is 0 Å². The molecule has 10 aromatic rings. The van der Waals surface area contributed by atoms with E-state index in [-0.39, 0.29) is 13.4 Å². The summed E-state index contributed by atoms with van der Waals surface area (Å²) in [6, 6.07) is 50.3. The van der Waals surface area contributed by atoms with Crippen LogP contribution in [-0.2, 0) is 0 Å². The molecule has 0 radical (unpaired) electrons. The molecule has 50 heavy (non-hydrogen) atoms. The van der Waals surface area contributed by atoms with Gasteiger partial charge in [-0.05, 0) is 61.9 Å². The fourth-order valence-corrected chi connectivity index (χ4v) is 11.2. The van der Waals surface area contributed by atoms with Crippen LogP contribution in [0.15, 0.2) is 127 Å². The Labute approximate surface area is 286 Å². The van der Waals surface area contributed by atoms with Crippen molar-refractivity contribution in [3.63, 3.8) is 0 Å². The van der Waals surface area contributed by atoms with Gasteiger partial charge in [-0.3, -0.25) is 0 Å². The lowest BCUT2D eigenvalue weighted by molar-refractivity contribution is 1.15. The summed E-state index contributed by atoms with van der Waals surface area (Å²) in [7, 11) is 0. The highest BCUT2D eigenvalue weighted by Crippen LogP contribution is 2.46. The van der Waals surface area contributed by atoms with Crippen molar-refractivity contribution in [2.24, 2.45) is 0 Å². The maximum absolute atomic E-state index is 10.9. The molecule has 4 aliphatic heterocycles. The largest absolute Gasteiger partial charge is 0.310 e. The monoisotopic (exact) mass is 625 g/mol. The standard InChI is InChI=1S/C45H21B2N3/c48-22-29-25-11-5-15-30-38(25)40-39-26(29)12-6-16-31(39)47-33-18-8-14-28-24-10-2-4-20-35(24)50(45(28)33)37-21-36-42(41(40)43(37)47)46(30)32-17-7-13-27-23-9-1-3-19-34(23)49(36)44(27)32/h1-21H. The Morgan fingerprint density at radius 3 is 1.38 bits per heavy atom. The summed E-state index contributed by atoms with van der Waals surface area (Å²) in [5, 5.41) is 20.7. The SMILES string of the molecule is N#Cc1c2cccc3c2c2c4c(cccc14)B1c4c(cc5c(c4-2)B3c2cccc3c4ccccc4n-5c23)-n2c3ccccc3c3cccc1c32. The Hall–Kier alpha value is -6.50. The van der Waals surface area contributed by atoms with Crippen LogP contribution in [0.1, 0.15) is 5.56 Å². The highest BCUT2D eigenvalue weighted by molar-refractivity contribution is 7.05. The molecule has 0 atom stereocenters. The fourth-order valence-electron chi connectivity index (χ4n) is 11.2. The maximum atomic E-state index is 10.9. The quantitative estimate of drug-likeness (QED) is 0.150. The number of hydrogen-bond donors (Lipinski definition) is 0. The van der Waals surface area contributed by atoms with Gasteiger partial charge in [-0.15, -0.1) is 0 Å². The smallest absolute Gasteiger partial charge is 0.248 e. The first-order valence-electron chi connectivity index (χ1n) is 17.5. The minimum Gasteiger partial charge on any atom is -0.310 e. The molecule has 0 bridgehead atoms. The molecule has 3 nitrogen and oxygen atoms in total. The minimum atomic E-state index is 0.0514. The third-order valence-electron chi connectivity index (χ3n) is 12.7. The van der Waals surface area contributed by atoms with Crippen LogP contribution in [0.5, 0.6) is 0 Å². The summed E-state index contributed by atoms with van der Waals surface area (Å²) in [6.45, 7) is 0.103. The number of aromatic nitrogens is 2. The number of fused-ring (bicyclic) bond motifs is 12. The van der Waals surface area contributed by atoms with Crippen molar-refractivity contribution in [1.29, 1.82) is 5.26 Å². The molecule has 0 saturated carbocycles. The van der Waals surface area contributed by atoms with E-state index in [1.54, 1.807) is 0 Å². The Morgan fingerprint density at radius 2 is 0.880 bits per heavy atom. The van der Waals surface area contributed by atoms with E-state index in [0.29, 0.717) is 0 Å². The molecule has 5 heteroatoms. The summed E-state index contributed by atoms with van der Waals surface area (Å²) in [5.41, 5.74) is 19.3. The lowest BCUT2D eigenvalue weighted by Gasteiger charge is -2.42. The van der Waals surface area contributed by atoms with E-state index in [2.05, 4.69) is 143 Å². The molecule has 14 rings (SSSR count). The van der Waals surface area contributed by atoms with Crippen molar-refractivity contribution in [3.8, 4) is 28.6 Å². The predicted molar refractivity (Wildman–Crippen MR) is 210 cm³/mol. The zero-order valence-corrected chi connectivity index (χ0v) is 26.6. The van der Waals surface area contributed by atoms with Gasteiger partial charge < -0.3 is 9.13 Å². The summed E-state index contributed by atoms with van der Waals surface area (Å²) in [5.74, 6) is 0. The van der Waals surface area contributed by atoms with E-state index in [9.17, 15) is 5.26 Å². The highest BCUT2D eigenvalue weighted by Gasteiger charge is 2.48. The lowest BCUT2D eigenvalue weighted by atomic mass is 9.27. The molecule has 0 fully saturated rings. The van der Waals surface area contributed by atoms with Gasteiger partial charge in [0.1, 0.15) is 6.07 Å². The predicted octanol–water partition coefficient (Wildman–Crippen LogP) is 6.01. The molecule has 8 aromatic carbocycles. The van der Waals surface area contributed by atoms with Crippen molar-refractivity contribution in [3.05, 3.63) is 133 Å². The van der Waals surface area contributed by atoms with Gasteiger partial charge in [-0.2, -0.15) is 5.26 Å². The van der Waals surface area contributed by atoms with E-state index < -0.39 is 0 Å². The molecule has 2 aromatic heterocycles. The number of rotatable bonds is 0. The number of nitrogens with zero attached hydrogens (tertiary/aromatic N) is 3. The first-order chi connectivity index (χ1) is 24.8. The molecular weight excluding hydrogens is 604 g/mol. The van der Waals surface area contributed by atoms with Crippen LogP contribution in [0.25, 0.3) is 87.7 Å². The molecule has 4 aliphatic rings. The molecule has 0 amide bonds. The number of hydrogen-bond acceptors (Lipinski definition) is 1. The normalized spacial score (nSPS) is 13.9. The lowest BCUT2D eigenvalue weighted by Crippen LogP contribution is -2.65. The average Bonchev–Trinajstić information content (AvgIpc) is 3.69. The number of nitriles is 1. The van der Waals surface area contributed by atoms with Crippen LogP contribution in [0.4, 0.5) is 0 Å². The van der Waals surface area contributed by atoms with Gasteiger partial charge in [0.2, 0.25) is 13.4 Å². The zero-order valence-electron chi connectivity index (χ0n) is 26.6. The third-order valence-corrected chi connectivity index (χ3v) is 12.7. The van der Waals surface area contributed by atoms with Gasteiger partial charge in [0, 0.05) is 54.7 Å². The van der Waals surface area contributed by atoms with Crippen LogP contribution in [0.2, 0.25) is 0 Å². The number of benzene rings is 8. The summed E-state index contributed by atoms with van der Waals surface area (Å²) in [4.78, 5) is 0. The Morgan fingerprint density at radius 1 is 0.440 bits per heavy atom. The van der Waals surface area contributed by atoms with E-state index in [0.717, 1.165) is 16.3 Å². The molecule has 222 valence electrons. The van der Waals surface area contributed by atoms with Gasteiger partial charge in [0.15, 0.2) is 0 Å². The van der Waals surface area contributed by atoms with Gasteiger partial charge >= 0.3 is 0 Å². The molecule has 0 saturated heterocycles. The van der Waals surface area contributed by atoms with Crippen LogP contribution in [0.3, 0.4) is 0 Å². The van der Waals surface area contributed by atoms with E-state index in [4.69, 9.17) is 0 Å². The Balaban J connectivity index is 1.34. The molecule has 0 spiro atoms. The van der Waals surface area contributed by atoms with E-state index in [1.165, 1.54) is 110 Å². The Kier molecular flexibility index (Phi) is 3.87. The van der Waals surface area contributed by atoms with Crippen molar-refractivity contribution in [2.45, 2.75) is 0 Å². The van der Waals surface area contributed by atoms with Gasteiger partial charge in [0.05, 0.1) is 16.6 Å². The third kappa shape index (κ3) is 2.37. The second-order valence-electron chi connectivity index (χ2n) is 14.6. The molecule has 6 heterocycles. The summed E-state index contributed by atoms with van der Waals surface area (Å²) < 4.78 is 5.15. The minimum absolute atomic E-state index is 0.0514. The summed E-state index contributed by atoms with van der Waals surface area (Å²) in [6.07, 6.45) is 0. The van der Waals surface area contributed by atoms with Crippen LogP contribution < -0.4 is 32.8 Å². The Bertz CT molecular complexity index is 3200. The van der Waals surface area contributed by atoms with Gasteiger partial charge in [-0.1, -0.05) is 120 Å². The van der Waals surface area contributed by atoms with Crippen molar-refractivity contribution in [2.75, 3.05) is 0 Å². The first-order valence-corrected chi connectivity index (χ1v) is 17.5. The second-order valence-corrected chi connectivity index (χ2v) is 14.6. The van der Waals surface area contributed by atoms with Crippen molar-refractivity contribution >= 4 is 111 Å². The van der Waals surface area contributed by atoms with E-state index in [1.807, 2.05) is 0 Å². The highest BCUT2D eigenvalue weighted by atomic mass is 15.0. The van der Waals surface area contributed by atoms with Gasteiger partial charge in [-0.25, -0.2) is 0 Å². The van der Waals surface area contributed by atoms with Crippen LogP contribution in [-0.4, -0.2) is 22.6 Å². The molecule has 0 N–H and O–H groups in total. The van der Waals surface area contributed by atoms with Crippen molar-refractivity contribution in [1.82, 2.24) is 9.13 Å². The topological polar surface area (TPSA) is 33.6 Å². The van der Waals surface area contributed by atoms with Crippen LogP contribution >= 0.6 is 0 Å². The molecular formula is C45H21B2N3. The second kappa shape index (κ2) is 7.86. The summed E-state index contributed by atoms with van der Waals surface area (Å²) >= 11 is 0. The van der Waals surface area contributed by atoms with Gasteiger partial charge in [0.25, 0.3) is 0 Å². The average molecular weight is 625 g/mol. The maximum Gasteiger partial charge on any atom is 0.248 e. The number of para-hydroxylation sites is 4. The fraction of sp³-hybridized carbons (Fsp3) is 0. The van der Waals surface area contributed by atoms with Crippen molar-refractivity contribution < 1.29 is 0 Å². The molecule has 0 unspecified atom stereocenters. The molecule has 0 aliphatic carbocycles. The zero-order chi connectivity index (χ0) is 32.1. The first kappa shape index (κ1) is 24.6.